The first-order valence-electron chi connectivity index (χ1n) is 8.35. The van der Waals surface area contributed by atoms with E-state index in [1.165, 1.54) is 0 Å². The fraction of sp³-hybridized carbons (Fsp3) is 0.150. The summed E-state index contributed by atoms with van der Waals surface area (Å²) in [7, 11) is 0. The van der Waals surface area contributed by atoms with Gasteiger partial charge in [0.25, 0.3) is 0 Å². The quantitative estimate of drug-likeness (QED) is 0.503. The molecular formula is C20H16ClN3O3. The fourth-order valence-corrected chi connectivity index (χ4v) is 3.06. The number of cyclic esters (lactones) is 1. The van der Waals surface area contributed by atoms with Crippen LogP contribution in [0, 0.1) is 13.8 Å². The molecule has 7 heteroatoms. The number of aryl methyl sites for hydroxylation is 2. The summed E-state index contributed by atoms with van der Waals surface area (Å²) in [6, 6.07) is 9.40. The van der Waals surface area contributed by atoms with E-state index in [-0.39, 0.29) is 11.6 Å². The number of hydrogen-bond acceptors (Lipinski definition) is 5. The number of aromatic nitrogens is 2. The topological polar surface area (TPSA) is 69.6 Å². The van der Waals surface area contributed by atoms with Gasteiger partial charge in [0.2, 0.25) is 5.90 Å². The maximum atomic E-state index is 12.1. The van der Waals surface area contributed by atoms with E-state index in [4.69, 9.17) is 20.8 Å². The number of rotatable bonds is 4. The smallest absolute Gasteiger partial charge is 0.363 e. The number of hydrogen-bond donors (Lipinski definition) is 0. The Balaban J connectivity index is 1.57. The number of halogens is 1. The van der Waals surface area contributed by atoms with Gasteiger partial charge in [-0.05, 0) is 37.6 Å². The average molecular weight is 382 g/mol. The number of carbonyl (C=O) groups is 1. The Hall–Kier alpha value is -3.12. The van der Waals surface area contributed by atoms with Crippen molar-refractivity contribution in [3.8, 4) is 0 Å². The standard InChI is InChI=1S/C20H16ClN3O3/c1-12-7-16(13(2)26-12)19-23-18(20(25)27-19)8-14-9-22-24(10-14)11-15-5-3-4-6-17(15)21/h3-10H,11H2,1-2H3/b18-8+. The molecule has 3 heterocycles. The summed E-state index contributed by atoms with van der Waals surface area (Å²) >= 11 is 6.19. The van der Waals surface area contributed by atoms with E-state index in [0.717, 1.165) is 16.9 Å². The first-order valence-corrected chi connectivity index (χ1v) is 8.73. The SMILES string of the molecule is Cc1cc(C2=N/C(=C/c3cnn(Cc4ccccc4Cl)c3)C(=O)O2)c(C)o1. The minimum atomic E-state index is -0.498. The highest BCUT2D eigenvalue weighted by atomic mass is 35.5. The Morgan fingerprint density at radius 2 is 2.07 bits per heavy atom. The van der Waals surface area contributed by atoms with Crippen LogP contribution in [0.3, 0.4) is 0 Å². The molecular weight excluding hydrogens is 366 g/mol. The molecule has 4 rings (SSSR count). The van der Waals surface area contributed by atoms with Gasteiger partial charge in [-0.25, -0.2) is 9.79 Å². The van der Waals surface area contributed by atoms with Gasteiger partial charge in [-0.3, -0.25) is 4.68 Å². The van der Waals surface area contributed by atoms with Crippen LogP contribution < -0.4 is 0 Å². The first kappa shape index (κ1) is 17.3. The van der Waals surface area contributed by atoms with Crippen LogP contribution >= 0.6 is 11.6 Å². The van der Waals surface area contributed by atoms with Crippen LogP contribution in [0.4, 0.5) is 0 Å². The number of esters is 1. The highest BCUT2D eigenvalue weighted by molar-refractivity contribution is 6.31. The predicted octanol–water partition coefficient (Wildman–Crippen LogP) is 4.14. The number of furan rings is 1. The van der Waals surface area contributed by atoms with Crippen molar-refractivity contribution in [3.05, 3.63) is 81.7 Å². The number of benzene rings is 1. The Morgan fingerprint density at radius 1 is 1.26 bits per heavy atom. The molecule has 0 spiro atoms. The molecule has 0 bridgehead atoms. The molecule has 3 aromatic rings. The van der Waals surface area contributed by atoms with Crippen molar-refractivity contribution in [2.75, 3.05) is 0 Å². The lowest BCUT2D eigenvalue weighted by Gasteiger charge is -2.03. The van der Waals surface area contributed by atoms with Crippen LogP contribution in [0.2, 0.25) is 5.02 Å². The minimum Gasteiger partial charge on any atom is -0.466 e. The Morgan fingerprint density at radius 3 is 2.81 bits per heavy atom. The highest BCUT2D eigenvalue weighted by Gasteiger charge is 2.26. The molecule has 1 aliphatic rings. The summed E-state index contributed by atoms with van der Waals surface area (Å²) in [5.41, 5.74) is 2.62. The summed E-state index contributed by atoms with van der Waals surface area (Å²) in [6.07, 6.45) is 5.13. The molecule has 6 nitrogen and oxygen atoms in total. The van der Waals surface area contributed by atoms with E-state index >= 15 is 0 Å². The second-order valence-electron chi connectivity index (χ2n) is 6.23. The summed E-state index contributed by atoms with van der Waals surface area (Å²) in [5, 5.41) is 5.00. The molecule has 2 aromatic heterocycles. The molecule has 136 valence electrons. The van der Waals surface area contributed by atoms with E-state index in [0.29, 0.717) is 22.9 Å². The van der Waals surface area contributed by atoms with Gasteiger partial charge in [0.1, 0.15) is 11.5 Å². The van der Waals surface area contributed by atoms with Gasteiger partial charge in [0, 0.05) is 16.8 Å². The second-order valence-corrected chi connectivity index (χ2v) is 6.63. The van der Waals surface area contributed by atoms with Gasteiger partial charge in [-0.15, -0.1) is 0 Å². The zero-order valence-electron chi connectivity index (χ0n) is 14.8. The lowest BCUT2D eigenvalue weighted by Crippen LogP contribution is -2.05. The number of nitrogens with zero attached hydrogens (tertiary/aromatic N) is 3. The summed E-state index contributed by atoms with van der Waals surface area (Å²) in [6.45, 7) is 4.17. The molecule has 1 aromatic carbocycles. The molecule has 0 atom stereocenters. The van der Waals surface area contributed by atoms with E-state index in [9.17, 15) is 4.79 Å². The predicted molar refractivity (Wildman–Crippen MR) is 102 cm³/mol. The van der Waals surface area contributed by atoms with Crippen molar-refractivity contribution in [2.45, 2.75) is 20.4 Å². The summed E-state index contributed by atoms with van der Waals surface area (Å²) in [5.74, 6) is 1.15. The van der Waals surface area contributed by atoms with Crippen LogP contribution in [0.5, 0.6) is 0 Å². The van der Waals surface area contributed by atoms with E-state index in [2.05, 4.69) is 10.1 Å². The molecule has 0 radical (unpaired) electrons. The fourth-order valence-electron chi connectivity index (χ4n) is 2.87. The van der Waals surface area contributed by atoms with E-state index < -0.39 is 5.97 Å². The average Bonchev–Trinajstić information content (AvgIpc) is 3.30. The van der Waals surface area contributed by atoms with Crippen LogP contribution in [-0.2, 0) is 16.1 Å². The molecule has 0 amide bonds. The zero-order valence-corrected chi connectivity index (χ0v) is 15.5. The maximum absolute atomic E-state index is 12.1. The molecule has 0 saturated carbocycles. The van der Waals surface area contributed by atoms with Crippen molar-refractivity contribution in [3.63, 3.8) is 0 Å². The normalized spacial score (nSPS) is 15.3. The monoisotopic (exact) mass is 381 g/mol. The minimum absolute atomic E-state index is 0.223. The Labute approximate surface area is 160 Å². The third-order valence-electron chi connectivity index (χ3n) is 4.14. The van der Waals surface area contributed by atoms with Crippen molar-refractivity contribution < 1.29 is 13.9 Å². The van der Waals surface area contributed by atoms with Crippen LogP contribution in [0.1, 0.15) is 28.2 Å². The maximum Gasteiger partial charge on any atom is 0.363 e. The van der Waals surface area contributed by atoms with Crippen LogP contribution in [0.15, 0.2) is 57.8 Å². The van der Waals surface area contributed by atoms with Gasteiger partial charge < -0.3 is 9.15 Å². The van der Waals surface area contributed by atoms with Crippen molar-refractivity contribution in [1.29, 1.82) is 0 Å². The highest BCUT2D eigenvalue weighted by Crippen LogP contribution is 2.23. The number of aliphatic imine (C=N–C) groups is 1. The molecule has 0 fully saturated rings. The first-order chi connectivity index (χ1) is 13.0. The summed E-state index contributed by atoms with van der Waals surface area (Å²) < 4.78 is 12.5. The third-order valence-corrected chi connectivity index (χ3v) is 4.51. The zero-order chi connectivity index (χ0) is 19.0. The molecule has 0 N–H and O–H groups in total. The van der Waals surface area contributed by atoms with Gasteiger partial charge in [0.15, 0.2) is 5.70 Å². The molecule has 0 saturated heterocycles. The van der Waals surface area contributed by atoms with Gasteiger partial charge >= 0.3 is 5.97 Å². The molecule has 27 heavy (non-hydrogen) atoms. The third kappa shape index (κ3) is 3.57. The van der Waals surface area contributed by atoms with Crippen LogP contribution in [-0.4, -0.2) is 21.6 Å². The molecule has 1 aliphatic heterocycles. The van der Waals surface area contributed by atoms with E-state index in [1.54, 1.807) is 29.9 Å². The lowest BCUT2D eigenvalue weighted by molar-refractivity contribution is -0.129. The van der Waals surface area contributed by atoms with Crippen molar-refractivity contribution in [2.24, 2.45) is 4.99 Å². The second kappa shape index (κ2) is 6.89. The Kier molecular flexibility index (Phi) is 4.41. The lowest BCUT2D eigenvalue weighted by atomic mass is 10.2. The number of ether oxygens (including phenoxy) is 1. The van der Waals surface area contributed by atoms with Gasteiger partial charge in [-0.1, -0.05) is 29.8 Å². The van der Waals surface area contributed by atoms with Gasteiger partial charge in [-0.2, -0.15) is 5.10 Å². The summed E-state index contributed by atoms with van der Waals surface area (Å²) in [4.78, 5) is 16.4. The Bertz CT molecular complexity index is 1090. The molecule has 0 unspecified atom stereocenters. The number of carbonyl (C=O) groups excluding carboxylic acids is 1. The van der Waals surface area contributed by atoms with Crippen LogP contribution in [0.25, 0.3) is 6.08 Å². The largest absolute Gasteiger partial charge is 0.466 e. The molecule has 0 aliphatic carbocycles. The van der Waals surface area contributed by atoms with Crippen molar-refractivity contribution >= 4 is 29.5 Å². The van der Waals surface area contributed by atoms with E-state index in [1.807, 2.05) is 37.4 Å². The van der Waals surface area contributed by atoms with Crippen molar-refractivity contribution in [1.82, 2.24) is 9.78 Å². The van der Waals surface area contributed by atoms with Gasteiger partial charge in [0.05, 0.1) is 18.3 Å².